The maximum atomic E-state index is 13.7. The maximum absolute atomic E-state index is 13.7. The zero-order valence-electron chi connectivity index (χ0n) is 50.2. The first-order chi connectivity index (χ1) is 43.2. The van der Waals surface area contributed by atoms with Crippen LogP contribution in [0.15, 0.2) is 101 Å². The number of ether oxygens (including phenoxy) is 11. The molecule has 478 valence electrons. The van der Waals surface area contributed by atoms with Gasteiger partial charge in [0.1, 0.15) is 65.0 Å². The number of thioether (sulfide) groups is 1. The zero-order valence-corrected chi connectivity index (χ0v) is 51.0. The van der Waals surface area contributed by atoms with E-state index in [0.717, 1.165) is 35.0 Å². The molecule has 25 heteroatoms. The Labute approximate surface area is 524 Å². The first-order valence-corrected chi connectivity index (χ1v) is 30.2. The Hall–Kier alpha value is -9.33. The lowest BCUT2D eigenvalue weighted by Gasteiger charge is -2.26. The van der Waals surface area contributed by atoms with Crippen molar-refractivity contribution in [2.75, 3.05) is 38.4 Å². The van der Waals surface area contributed by atoms with Gasteiger partial charge in [0.2, 0.25) is 0 Å². The highest BCUT2D eigenvalue weighted by Gasteiger charge is 2.37. The van der Waals surface area contributed by atoms with Crippen LogP contribution in [0.25, 0.3) is 0 Å². The van der Waals surface area contributed by atoms with E-state index in [1.807, 2.05) is 12.1 Å². The Morgan fingerprint density at radius 3 is 1.33 bits per heavy atom. The van der Waals surface area contributed by atoms with Gasteiger partial charge in [0, 0.05) is 25.0 Å². The molecule has 0 bridgehead atoms. The standard InChI is InChI=1S/C65H71N3O21S/c1-6-53(69)82-38-41(5)85-58(74)29-27-56(72)81-33-31-43-10-22-50(23-11-43)87-63(76)45-14-18-47(19-15-45)65(78)89-52-25-24-51(59-60(52)90-61(68-59)48(34-66)35-67)88-64(77)46-16-12-44(13-17-46)62(75)86-49-20-8-42(9-21-49)30-32-80-55(71)26-28-57(73)84-40(4)37-79-36-39(3)83-54(70)7-2/h6-11,20-25,39-41,44-47,68H,1-2,12-19,26-33,36-38H2,3-5H3/t39?,40?,41?,44-,45-,46-,47-. The van der Waals surface area contributed by atoms with E-state index in [2.05, 4.69) is 18.5 Å². The van der Waals surface area contributed by atoms with Gasteiger partial charge in [-0.15, -0.1) is 0 Å². The fraction of sp³-hybridized carbons (Fsp3) is 0.446. The summed E-state index contributed by atoms with van der Waals surface area (Å²) < 4.78 is 59.3. The molecule has 0 saturated heterocycles. The number of allylic oxidation sites excluding steroid dienone is 1. The predicted octanol–water partition coefficient (Wildman–Crippen LogP) is 8.56. The van der Waals surface area contributed by atoms with Crippen molar-refractivity contribution < 1.29 is 100 Å². The van der Waals surface area contributed by atoms with E-state index < -0.39 is 102 Å². The molecule has 0 spiro atoms. The Morgan fingerprint density at radius 2 is 0.900 bits per heavy atom. The average molecular weight is 1260 g/mol. The summed E-state index contributed by atoms with van der Waals surface area (Å²) in [6.45, 7) is 11.5. The van der Waals surface area contributed by atoms with E-state index in [9.17, 15) is 58.5 Å². The molecule has 0 aromatic heterocycles. The third-order valence-electron chi connectivity index (χ3n) is 14.3. The second kappa shape index (κ2) is 35.6. The van der Waals surface area contributed by atoms with Gasteiger partial charge in [-0.1, -0.05) is 49.2 Å². The van der Waals surface area contributed by atoms with Crippen molar-refractivity contribution in [3.05, 3.63) is 108 Å². The summed E-state index contributed by atoms with van der Waals surface area (Å²) in [5.41, 5.74) is 1.58. The van der Waals surface area contributed by atoms with Crippen molar-refractivity contribution in [1.82, 2.24) is 0 Å². The second-order valence-corrected chi connectivity index (χ2v) is 22.4. The van der Waals surface area contributed by atoms with E-state index >= 15 is 0 Å². The summed E-state index contributed by atoms with van der Waals surface area (Å²) in [5.74, 6) is -6.97. The molecular formula is C65H71N3O21S. The number of anilines is 1. The van der Waals surface area contributed by atoms with Crippen molar-refractivity contribution in [3.63, 3.8) is 0 Å². The average Bonchev–Trinajstić information content (AvgIpc) is 1.73. The molecular weight excluding hydrogens is 1190 g/mol. The van der Waals surface area contributed by atoms with Gasteiger partial charge >= 0.3 is 59.7 Å². The molecule has 3 unspecified atom stereocenters. The molecule has 24 nitrogen and oxygen atoms in total. The lowest BCUT2D eigenvalue weighted by Crippen LogP contribution is -2.30. The summed E-state index contributed by atoms with van der Waals surface area (Å²) >= 11 is 0.972. The fourth-order valence-electron chi connectivity index (χ4n) is 9.46. The first kappa shape index (κ1) is 69.8. The largest absolute Gasteiger partial charge is 0.465 e. The quantitative estimate of drug-likeness (QED) is 0.0207. The maximum Gasteiger partial charge on any atom is 0.330 e. The number of carbonyl (C=O) groups is 10. The molecule has 2 saturated carbocycles. The first-order valence-electron chi connectivity index (χ1n) is 29.4. The number of hydrogen-bond acceptors (Lipinski definition) is 25. The van der Waals surface area contributed by atoms with Crippen LogP contribution in [-0.4, -0.2) is 111 Å². The molecule has 90 heavy (non-hydrogen) atoms. The highest BCUT2D eigenvalue weighted by atomic mass is 32.2. The molecule has 1 heterocycles. The van der Waals surface area contributed by atoms with E-state index in [-0.39, 0.29) is 86.5 Å². The van der Waals surface area contributed by atoms with Gasteiger partial charge in [-0.3, -0.25) is 38.4 Å². The molecule has 0 amide bonds. The Bertz CT molecular complexity index is 3210. The van der Waals surface area contributed by atoms with Crippen LogP contribution in [0, 0.1) is 46.3 Å². The number of esters is 10. The summed E-state index contributed by atoms with van der Waals surface area (Å²) in [5, 5.41) is 22.5. The highest BCUT2D eigenvalue weighted by Crippen LogP contribution is 2.52. The minimum Gasteiger partial charge on any atom is -0.465 e. The number of nitriles is 2. The SMILES string of the molecule is C=CC(=O)OCC(C)OC(=O)CCC(=O)OCCc1ccc(OC(=O)[C@H]2CC[C@H](C(=O)Oc3ccc(OC(=O)[C@H]4CC[C@H](C(=O)Oc5ccc(CCOC(=O)CCC(=O)OC(C)COCC(C)OC(=O)C=C)cc5)CC4)c4c3SC(=C(C#N)C#N)N4)CC2)cc1. The number of carbonyl (C=O) groups excluding carboxylic acids is 10. The third kappa shape index (κ3) is 22.7. The third-order valence-corrected chi connectivity index (χ3v) is 15.4. The molecule has 3 aromatic rings. The molecule has 3 aliphatic rings. The van der Waals surface area contributed by atoms with Crippen LogP contribution in [0.2, 0.25) is 0 Å². The normalized spacial score (nSPS) is 17.4. The van der Waals surface area contributed by atoms with Crippen LogP contribution >= 0.6 is 11.8 Å². The molecule has 6 rings (SSSR count). The lowest BCUT2D eigenvalue weighted by molar-refractivity contribution is -0.157. The van der Waals surface area contributed by atoms with Gasteiger partial charge in [0.15, 0.2) is 11.3 Å². The van der Waals surface area contributed by atoms with Gasteiger partial charge in [-0.05, 0) is 120 Å². The Balaban J connectivity index is 0.885. The highest BCUT2D eigenvalue weighted by molar-refractivity contribution is 8.03. The molecule has 0 radical (unpaired) electrons. The van der Waals surface area contributed by atoms with Crippen molar-refractivity contribution in [2.45, 2.75) is 134 Å². The van der Waals surface area contributed by atoms with Crippen LogP contribution in [0.1, 0.15) is 109 Å². The van der Waals surface area contributed by atoms with Crippen molar-refractivity contribution in [2.24, 2.45) is 23.7 Å². The molecule has 1 N–H and O–H groups in total. The van der Waals surface area contributed by atoms with Crippen LogP contribution < -0.4 is 24.3 Å². The number of rotatable bonds is 31. The summed E-state index contributed by atoms with van der Waals surface area (Å²) in [6.07, 6.45) is 2.87. The van der Waals surface area contributed by atoms with Crippen LogP contribution in [0.4, 0.5) is 5.69 Å². The van der Waals surface area contributed by atoms with Crippen LogP contribution in [0.5, 0.6) is 23.0 Å². The Kier molecular flexibility index (Phi) is 27.6. The van der Waals surface area contributed by atoms with Crippen LogP contribution in [0.3, 0.4) is 0 Å². The van der Waals surface area contributed by atoms with E-state index in [0.29, 0.717) is 80.6 Å². The second-order valence-electron chi connectivity index (χ2n) is 21.4. The number of benzene rings is 3. The van der Waals surface area contributed by atoms with Gasteiger partial charge in [-0.2, -0.15) is 10.5 Å². The number of fused-ring (bicyclic) bond motifs is 1. The van der Waals surface area contributed by atoms with Gasteiger partial charge in [0.05, 0.1) is 80.7 Å². The molecule has 2 aliphatic carbocycles. The minimum atomic E-state index is -0.701. The van der Waals surface area contributed by atoms with E-state index in [4.69, 9.17) is 52.1 Å². The predicted molar refractivity (Wildman–Crippen MR) is 317 cm³/mol. The zero-order chi connectivity index (χ0) is 65.1. The smallest absolute Gasteiger partial charge is 0.330 e. The minimum absolute atomic E-state index is 0.0448. The number of nitrogens with one attached hydrogen (secondary N) is 1. The lowest BCUT2D eigenvalue weighted by atomic mass is 9.82. The Morgan fingerprint density at radius 1 is 0.511 bits per heavy atom. The summed E-state index contributed by atoms with van der Waals surface area (Å²) in [6, 6.07) is 20.0. The molecule has 3 atom stereocenters. The summed E-state index contributed by atoms with van der Waals surface area (Å²) in [4.78, 5) is 125. The molecule has 1 aliphatic heterocycles. The van der Waals surface area contributed by atoms with Gasteiger partial charge < -0.3 is 57.4 Å². The fourth-order valence-corrected chi connectivity index (χ4v) is 10.5. The van der Waals surface area contributed by atoms with E-state index in [1.165, 1.54) is 12.1 Å². The van der Waals surface area contributed by atoms with Crippen molar-refractivity contribution >= 4 is 77.1 Å². The molecule has 2 fully saturated rings. The number of nitrogens with zero attached hydrogens (tertiary/aromatic N) is 2. The van der Waals surface area contributed by atoms with Gasteiger partial charge in [0.25, 0.3) is 0 Å². The molecule has 3 aromatic carbocycles. The monoisotopic (exact) mass is 1260 g/mol. The summed E-state index contributed by atoms with van der Waals surface area (Å²) in [7, 11) is 0. The van der Waals surface area contributed by atoms with Crippen molar-refractivity contribution in [3.8, 4) is 35.1 Å². The van der Waals surface area contributed by atoms with Crippen LogP contribution in [-0.2, 0) is 93.9 Å². The topological polar surface area (TPSA) is 332 Å². The number of hydrogen-bond donors (Lipinski definition) is 1. The van der Waals surface area contributed by atoms with E-state index in [1.54, 1.807) is 69.3 Å². The van der Waals surface area contributed by atoms with Crippen molar-refractivity contribution in [1.29, 1.82) is 10.5 Å². The van der Waals surface area contributed by atoms with Gasteiger partial charge in [-0.25, -0.2) is 9.59 Å².